The van der Waals surface area contributed by atoms with E-state index in [0.29, 0.717) is 12.1 Å². The van der Waals surface area contributed by atoms with E-state index in [1.807, 2.05) is 0 Å². The molecule has 0 bridgehead atoms. The van der Waals surface area contributed by atoms with Crippen LogP contribution in [-0.4, -0.2) is 22.8 Å². The van der Waals surface area contributed by atoms with Crippen molar-refractivity contribution in [1.82, 2.24) is 5.06 Å². The van der Waals surface area contributed by atoms with Gasteiger partial charge < -0.3 is 9.57 Å². The highest BCUT2D eigenvalue weighted by molar-refractivity contribution is 6.21. The fraction of sp³-hybridized carbons (Fsp3) is 0. The molecule has 1 aliphatic rings. The third-order valence-electron chi connectivity index (χ3n) is 4.13. The third-order valence-corrected chi connectivity index (χ3v) is 4.13. The number of benzene rings is 3. The fourth-order valence-electron chi connectivity index (χ4n) is 2.77. The first-order valence-corrected chi connectivity index (χ1v) is 8.38. The minimum absolute atomic E-state index is 0.0641. The molecule has 0 saturated carbocycles. The maximum atomic E-state index is 14.3. The van der Waals surface area contributed by atoms with Gasteiger partial charge in [0.1, 0.15) is 5.75 Å². The van der Waals surface area contributed by atoms with E-state index in [1.54, 1.807) is 30.3 Å². The molecule has 8 heteroatoms. The number of hydrogen-bond acceptors (Lipinski definition) is 5. The monoisotopic (exact) mass is 395 g/mol. The van der Waals surface area contributed by atoms with Gasteiger partial charge in [0, 0.05) is 0 Å². The SMILES string of the molecule is O=C(ON1C(=O)c2ccccc2C1=O)c1cc(F)c(Oc2ccccc2)c(F)c1. The molecule has 3 aromatic carbocycles. The Morgan fingerprint density at radius 2 is 1.31 bits per heavy atom. The van der Waals surface area contributed by atoms with Crippen molar-refractivity contribution in [3.8, 4) is 11.5 Å². The van der Waals surface area contributed by atoms with Gasteiger partial charge in [0.05, 0.1) is 16.7 Å². The predicted molar refractivity (Wildman–Crippen MR) is 95.2 cm³/mol. The zero-order valence-corrected chi connectivity index (χ0v) is 14.6. The summed E-state index contributed by atoms with van der Waals surface area (Å²) < 4.78 is 33.8. The van der Waals surface area contributed by atoms with Crippen LogP contribution in [0.1, 0.15) is 31.1 Å². The molecule has 29 heavy (non-hydrogen) atoms. The number of imide groups is 1. The normalized spacial score (nSPS) is 12.7. The van der Waals surface area contributed by atoms with E-state index in [0.717, 1.165) is 0 Å². The van der Waals surface area contributed by atoms with Gasteiger partial charge in [0.15, 0.2) is 17.4 Å². The summed E-state index contributed by atoms with van der Waals surface area (Å²) in [5.74, 6) is -5.76. The van der Waals surface area contributed by atoms with Crippen LogP contribution in [0.4, 0.5) is 8.78 Å². The van der Waals surface area contributed by atoms with E-state index < -0.39 is 40.7 Å². The van der Waals surface area contributed by atoms with E-state index in [1.165, 1.54) is 24.3 Å². The minimum atomic E-state index is -1.27. The zero-order chi connectivity index (χ0) is 20.5. The molecule has 0 aromatic heterocycles. The maximum absolute atomic E-state index is 14.3. The molecule has 4 rings (SSSR count). The molecular formula is C21H11F2NO5. The Bertz CT molecular complexity index is 1090. The summed E-state index contributed by atoms with van der Waals surface area (Å²) in [5.41, 5.74) is -0.402. The summed E-state index contributed by atoms with van der Waals surface area (Å²) >= 11 is 0. The van der Waals surface area contributed by atoms with Gasteiger partial charge in [-0.15, -0.1) is 0 Å². The van der Waals surface area contributed by atoms with Crippen LogP contribution in [0.15, 0.2) is 66.7 Å². The number of nitrogens with zero attached hydrogens (tertiary/aromatic N) is 1. The first-order valence-electron chi connectivity index (χ1n) is 8.38. The Balaban J connectivity index is 1.56. The maximum Gasteiger partial charge on any atom is 0.364 e. The quantitative estimate of drug-likeness (QED) is 0.622. The Hall–Kier alpha value is -4.07. The Morgan fingerprint density at radius 1 is 0.793 bits per heavy atom. The number of hydroxylamine groups is 2. The standard InChI is InChI=1S/C21H11F2NO5/c22-16-10-12(11-17(23)18(16)28-13-6-2-1-3-7-13)21(27)29-24-19(25)14-8-4-5-9-15(14)20(24)26/h1-11H. The lowest BCUT2D eigenvalue weighted by Crippen LogP contribution is -2.32. The van der Waals surface area contributed by atoms with Gasteiger partial charge in [0.2, 0.25) is 0 Å². The number of ether oxygens (including phenoxy) is 1. The second kappa shape index (κ2) is 7.16. The summed E-state index contributed by atoms with van der Waals surface area (Å²) in [7, 11) is 0. The second-order valence-electron chi connectivity index (χ2n) is 6.01. The lowest BCUT2D eigenvalue weighted by molar-refractivity contribution is -0.0585. The molecule has 6 nitrogen and oxygen atoms in total. The molecule has 144 valence electrons. The summed E-state index contributed by atoms with van der Waals surface area (Å²) in [6.07, 6.45) is 0. The molecule has 0 saturated heterocycles. The molecule has 0 radical (unpaired) electrons. The Labute approximate surface area is 162 Å². The molecule has 0 unspecified atom stereocenters. The summed E-state index contributed by atoms with van der Waals surface area (Å²) in [6, 6.07) is 15.3. The van der Waals surface area contributed by atoms with Crippen LogP contribution < -0.4 is 4.74 Å². The first-order chi connectivity index (χ1) is 14.0. The highest BCUT2D eigenvalue weighted by atomic mass is 19.1. The first kappa shape index (κ1) is 18.3. The van der Waals surface area contributed by atoms with E-state index in [2.05, 4.69) is 0 Å². The molecule has 1 heterocycles. The van der Waals surface area contributed by atoms with E-state index >= 15 is 0 Å². The van der Waals surface area contributed by atoms with Crippen molar-refractivity contribution in [3.05, 3.63) is 95.1 Å². The van der Waals surface area contributed by atoms with Crippen molar-refractivity contribution in [3.63, 3.8) is 0 Å². The van der Waals surface area contributed by atoms with Crippen LogP contribution in [0.5, 0.6) is 11.5 Å². The lowest BCUT2D eigenvalue weighted by atomic mass is 10.1. The van der Waals surface area contributed by atoms with Gasteiger partial charge in [-0.3, -0.25) is 9.59 Å². The van der Waals surface area contributed by atoms with Crippen molar-refractivity contribution in [1.29, 1.82) is 0 Å². The molecule has 0 N–H and O–H groups in total. The van der Waals surface area contributed by atoms with Crippen molar-refractivity contribution in [2.24, 2.45) is 0 Å². The highest BCUT2D eigenvalue weighted by Crippen LogP contribution is 2.29. The number of halogens is 2. The smallest absolute Gasteiger partial charge is 0.364 e. The molecule has 1 aliphatic heterocycles. The molecule has 2 amide bonds. The average Bonchev–Trinajstić information content (AvgIpc) is 2.96. The number of para-hydroxylation sites is 1. The highest BCUT2D eigenvalue weighted by Gasteiger charge is 2.39. The minimum Gasteiger partial charge on any atom is -0.451 e. The van der Waals surface area contributed by atoms with Gasteiger partial charge in [0.25, 0.3) is 11.8 Å². The zero-order valence-electron chi connectivity index (χ0n) is 14.6. The predicted octanol–water partition coefficient (Wildman–Crippen LogP) is 4.13. The van der Waals surface area contributed by atoms with Crippen molar-refractivity contribution >= 4 is 17.8 Å². The number of rotatable bonds is 4. The summed E-state index contributed by atoms with van der Waals surface area (Å²) in [4.78, 5) is 41.5. The van der Waals surface area contributed by atoms with Gasteiger partial charge >= 0.3 is 5.97 Å². The molecular weight excluding hydrogens is 384 g/mol. The second-order valence-corrected chi connectivity index (χ2v) is 6.01. The number of carbonyl (C=O) groups is 3. The van der Waals surface area contributed by atoms with Gasteiger partial charge in [-0.25, -0.2) is 13.6 Å². The molecule has 0 aliphatic carbocycles. The summed E-state index contributed by atoms with van der Waals surface area (Å²) in [5, 5.41) is 0.261. The number of fused-ring (bicyclic) bond motifs is 1. The number of amides is 2. The molecule has 0 fully saturated rings. The van der Waals surface area contributed by atoms with Crippen LogP contribution in [0.3, 0.4) is 0 Å². The van der Waals surface area contributed by atoms with Crippen molar-refractivity contribution in [2.75, 3.05) is 0 Å². The van der Waals surface area contributed by atoms with Crippen LogP contribution in [0.2, 0.25) is 0 Å². The van der Waals surface area contributed by atoms with Crippen LogP contribution in [0.25, 0.3) is 0 Å². The van der Waals surface area contributed by atoms with Gasteiger partial charge in [-0.1, -0.05) is 35.4 Å². The number of carbonyl (C=O) groups excluding carboxylic acids is 3. The lowest BCUT2D eigenvalue weighted by Gasteiger charge is -2.13. The average molecular weight is 395 g/mol. The largest absolute Gasteiger partial charge is 0.451 e. The third kappa shape index (κ3) is 3.31. The van der Waals surface area contributed by atoms with Crippen LogP contribution >= 0.6 is 0 Å². The van der Waals surface area contributed by atoms with E-state index in [9.17, 15) is 23.2 Å². The van der Waals surface area contributed by atoms with Crippen molar-refractivity contribution < 1.29 is 32.7 Å². The number of hydrogen-bond donors (Lipinski definition) is 0. The van der Waals surface area contributed by atoms with E-state index in [-0.39, 0.29) is 21.9 Å². The van der Waals surface area contributed by atoms with Gasteiger partial charge in [-0.2, -0.15) is 0 Å². The van der Waals surface area contributed by atoms with Gasteiger partial charge in [-0.05, 0) is 36.4 Å². The van der Waals surface area contributed by atoms with Crippen LogP contribution in [-0.2, 0) is 4.84 Å². The Morgan fingerprint density at radius 3 is 1.86 bits per heavy atom. The fourth-order valence-corrected chi connectivity index (χ4v) is 2.77. The van der Waals surface area contributed by atoms with E-state index in [4.69, 9.17) is 9.57 Å². The Kier molecular flexibility index (Phi) is 4.52. The van der Waals surface area contributed by atoms with Crippen LogP contribution in [0, 0.1) is 11.6 Å². The molecule has 0 atom stereocenters. The van der Waals surface area contributed by atoms with Crippen molar-refractivity contribution in [2.45, 2.75) is 0 Å². The summed E-state index contributed by atoms with van der Waals surface area (Å²) in [6.45, 7) is 0. The topological polar surface area (TPSA) is 72.9 Å². The molecule has 0 spiro atoms. The molecule has 3 aromatic rings.